The molecular weight excluding hydrogens is 318 g/mol. The predicted octanol–water partition coefficient (Wildman–Crippen LogP) is 3.36. The van der Waals surface area contributed by atoms with Gasteiger partial charge in [0.2, 0.25) is 0 Å². The first-order valence-electron chi connectivity index (χ1n) is 8.26. The maximum absolute atomic E-state index is 5.26. The molecule has 0 amide bonds. The van der Waals surface area contributed by atoms with E-state index in [1.807, 2.05) is 25.1 Å². The minimum atomic E-state index is 0.776. The van der Waals surface area contributed by atoms with Crippen molar-refractivity contribution in [1.29, 1.82) is 0 Å². The standard InChI is InChI=1S/C11H15NO2.C9H12O2/c1-13-10-5-8-3-4-12-7-9(8)6-11(10)14-2;1-7-4-5-8(10-2)9(6-7)11-3/h5-6,12H,3-4,7H2,1-2H3;4-6H,1-3H3. The number of methoxy groups -OCH3 is 4. The van der Waals surface area contributed by atoms with Crippen molar-refractivity contribution >= 4 is 0 Å². The van der Waals surface area contributed by atoms with E-state index in [9.17, 15) is 0 Å². The normalized spacial score (nSPS) is 12.4. The van der Waals surface area contributed by atoms with Gasteiger partial charge in [0.25, 0.3) is 0 Å². The van der Waals surface area contributed by atoms with Crippen molar-refractivity contribution < 1.29 is 18.9 Å². The van der Waals surface area contributed by atoms with Crippen LogP contribution in [-0.4, -0.2) is 35.0 Å². The second-order valence-electron chi connectivity index (χ2n) is 5.76. The van der Waals surface area contributed by atoms with Crippen LogP contribution in [0.4, 0.5) is 0 Å². The number of aryl methyl sites for hydroxylation is 1. The molecule has 3 rings (SSSR count). The van der Waals surface area contributed by atoms with Crippen LogP contribution in [0.3, 0.4) is 0 Å². The first kappa shape index (κ1) is 18.9. The topological polar surface area (TPSA) is 49.0 Å². The van der Waals surface area contributed by atoms with Crippen LogP contribution in [0.5, 0.6) is 23.0 Å². The first-order valence-corrected chi connectivity index (χ1v) is 8.26. The number of benzene rings is 2. The summed E-state index contributed by atoms with van der Waals surface area (Å²) in [5, 5.41) is 3.33. The smallest absolute Gasteiger partial charge is 0.161 e. The molecule has 1 N–H and O–H groups in total. The minimum absolute atomic E-state index is 0.776. The Hall–Kier alpha value is -2.40. The van der Waals surface area contributed by atoms with Crippen molar-refractivity contribution in [3.63, 3.8) is 0 Å². The zero-order chi connectivity index (χ0) is 18.2. The van der Waals surface area contributed by atoms with E-state index in [-0.39, 0.29) is 0 Å². The van der Waals surface area contributed by atoms with E-state index in [4.69, 9.17) is 18.9 Å². The maximum atomic E-state index is 5.26. The van der Waals surface area contributed by atoms with E-state index in [0.29, 0.717) is 0 Å². The molecule has 0 unspecified atom stereocenters. The third-order valence-corrected chi connectivity index (χ3v) is 4.13. The van der Waals surface area contributed by atoms with Gasteiger partial charge in [0, 0.05) is 6.54 Å². The summed E-state index contributed by atoms with van der Waals surface area (Å²) in [7, 11) is 6.61. The summed E-state index contributed by atoms with van der Waals surface area (Å²) >= 11 is 0. The van der Waals surface area contributed by atoms with Crippen molar-refractivity contribution in [2.24, 2.45) is 0 Å². The van der Waals surface area contributed by atoms with Gasteiger partial charge in [0.15, 0.2) is 23.0 Å². The zero-order valence-corrected chi connectivity index (χ0v) is 15.6. The Morgan fingerprint density at radius 1 is 0.720 bits per heavy atom. The molecule has 0 radical (unpaired) electrons. The van der Waals surface area contributed by atoms with Crippen molar-refractivity contribution in [2.45, 2.75) is 19.9 Å². The number of hydrogen-bond acceptors (Lipinski definition) is 5. The highest BCUT2D eigenvalue weighted by Crippen LogP contribution is 2.31. The summed E-state index contributed by atoms with van der Waals surface area (Å²) < 4.78 is 20.7. The lowest BCUT2D eigenvalue weighted by molar-refractivity contribution is 0.353. The van der Waals surface area contributed by atoms with Crippen LogP contribution in [0.1, 0.15) is 16.7 Å². The molecule has 5 nitrogen and oxygen atoms in total. The summed E-state index contributed by atoms with van der Waals surface area (Å²) in [6.07, 6.45) is 1.07. The molecule has 25 heavy (non-hydrogen) atoms. The molecule has 0 fully saturated rings. The average molecular weight is 345 g/mol. The van der Waals surface area contributed by atoms with Gasteiger partial charge in [0.05, 0.1) is 28.4 Å². The van der Waals surface area contributed by atoms with E-state index < -0.39 is 0 Å². The van der Waals surface area contributed by atoms with E-state index in [1.165, 1.54) is 16.7 Å². The van der Waals surface area contributed by atoms with Crippen LogP contribution in [0, 0.1) is 6.92 Å². The van der Waals surface area contributed by atoms with Gasteiger partial charge in [-0.3, -0.25) is 0 Å². The number of rotatable bonds is 4. The molecule has 5 heteroatoms. The molecule has 0 aliphatic carbocycles. The second-order valence-corrected chi connectivity index (χ2v) is 5.76. The van der Waals surface area contributed by atoms with Gasteiger partial charge in [-0.05, 0) is 60.8 Å². The number of nitrogens with one attached hydrogen (secondary N) is 1. The lowest BCUT2D eigenvalue weighted by Gasteiger charge is -2.19. The van der Waals surface area contributed by atoms with Gasteiger partial charge in [0.1, 0.15) is 0 Å². The summed E-state index contributed by atoms with van der Waals surface area (Å²) in [6, 6.07) is 9.96. The van der Waals surface area contributed by atoms with Crippen molar-refractivity contribution in [2.75, 3.05) is 35.0 Å². The summed E-state index contributed by atoms with van der Waals surface area (Å²) in [5.74, 6) is 3.20. The highest BCUT2D eigenvalue weighted by atomic mass is 16.5. The molecule has 0 spiro atoms. The van der Waals surface area contributed by atoms with Crippen molar-refractivity contribution in [3.05, 3.63) is 47.0 Å². The molecule has 2 aromatic rings. The highest BCUT2D eigenvalue weighted by molar-refractivity contribution is 5.48. The highest BCUT2D eigenvalue weighted by Gasteiger charge is 2.13. The Bertz CT molecular complexity index is 656. The van der Waals surface area contributed by atoms with Gasteiger partial charge in [-0.2, -0.15) is 0 Å². The molecule has 136 valence electrons. The number of fused-ring (bicyclic) bond motifs is 1. The summed E-state index contributed by atoms with van der Waals surface area (Å²) in [6.45, 7) is 3.99. The Morgan fingerprint density at radius 2 is 1.28 bits per heavy atom. The van der Waals surface area contributed by atoms with Crippen LogP contribution in [0.2, 0.25) is 0 Å². The molecule has 0 bridgehead atoms. The van der Waals surface area contributed by atoms with Gasteiger partial charge in [-0.15, -0.1) is 0 Å². The Balaban J connectivity index is 0.000000186. The third-order valence-electron chi connectivity index (χ3n) is 4.13. The number of hydrogen-bond donors (Lipinski definition) is 1. The quantitative estimate of drug-likeness (QED) is 0.921. The zero-order valence-electron chi connectivity index (χ0n) is 15.6. The lowest BCUT2D eigenvalue weighted by atomic mass is 10.0. The van der Waals surface area contributed by atoms with Crippen molar-refractivity contribution in [3.8, 4) is 23.0 Å². The molecule has 1 heterocycles. The van der Waals surface area contributed by atoms with Crippen LogP contribution in [0.15, 0.2) is 30.3 Å². The fourth-order valence-electron chi connectivity index (χ4n) is 2.75. The summed E-state index contributed by atoms with van der Waals surface area (Å²) in [5.41, 5.74) is 3.85. The largest absolute Gasteiger partial charge is 0.493 e. The van der Waals surface area contributed by atoms with E-state index >= 15 is 0 Å². The van der Waals surface area contributed by atoms with E-state index in [1.54, 1.807) is 28.4 Å². The first-order chi connectivity index (χ1) is 12.1. The van der Waals surface area contributed by atoms with E-state index in [2.05, 4.69) is 17.4 Å². The number of ether oxygens (including phenoxy) is 4. The average Bonchev–Trinajstić information content (AvgIpc) is 2.67. The van der Waals surface area contributed by atoms with Crippen LogP contribution in [-0.2, 0) is 13.0 Å². The molecular formula is C20H27NO4. The SMILES string of the molecule is COc1cc2c(cc1OC)CNCC2.COc1ccc(C)cc1OC. The fraction of sp³-hybridized carbons (Fsp3) is 0.400. The molecule has 1 aliphatic heterocycles. The monoisotopic (exact) mass is 345 g/mol. The Labute approximate surface area is 149 Å². The maximum Gasteiger partial charge on any atom is 0.161 e. The minimum Gasteiger partial charge on any atom is -0.493 e. The molecule has 0 saturated heterocycles. The molecule has 0 saturated carbocycles. The van der Waals surface area contributed by atoms with Gasteiger partial charge < -0.3 is 24.3 Å². The van der Waals surface area contributed by atoms with Crippen LogP contribution < -0.4 is 24.3 Å². The van der Waals surface area contributed by atoms with E-state index in [0.717, 1.165) is 42.5 Å². The van der Waals surface area contributed by atoms with Crippen molar-refractivity contribution in [1.82, 2.24) is 5.32 Å². The molecule has 0 atom stereocenters. The molecule has 1 aliphatic rings. The fourth-order valence-corrected chi connectivity index (χ4v) is 2.75. The Kier molecular flexibility index (Phi) is 6.95. The molecule has 2 aromatic carbocycles. The predicted molar refractivity (Wildman–Crippen MR) is 99.2 cm³/mol. The van der Waals surface area contributed by atoms with Gasteiger partial charge in [-0.25, -0.2) is 0 Å². The molecule has 0 aromatic heterocycles. The third kappa shape index (κ3) is 4.79. The van der Waals surface area contributed by atoms with Crippen LogP contribution in [0.25, 0.3) is 0 Å². The van der Waals surface area contributed by atoms with Crippen LogP contribution >= 0.6 is 0 Å². The second kappa shape index (κ2) is 9.18. The summed E-state index contributed by atoms with van der Waals surface area (Å²) in [4.78, 5) is 0. The lowest BCUT2D eigenvalue weighted by Crippen LogP contribution is -2.23. The van der Waals surface area contributed by atoms with Gasteiger partial charge in [-0.1, -0.05) is 6.07 Å². The van der Waals surface area contributed by atoms with Gasteiger partial charge >= 0.3 is 0 Å². The Morgan fingerprint density at radius 3 is 1.88 bits per heavy atom.